The van der Waals surface area contributed by atoms with E-state index in [4.69, 9.17) is 18.6 Å². The first-order valence-electron chi connectivity index (χ1n) is 14.9. The van der Waals surface area contributed by atoms with Crippen LogP contribution >= 0.6 is 15.9 Å². The summed E-state index contributed by atoms with van der Waals surface area (Å²) < 4.78 is 17.5. The molecule has 0 aliphatic heterocycles. The lowest BCUT2D eigenvalue weighted by atomic mass is 10.1. The highest BCUT2D eigenvalue weighted by atomic mass is 79.9. The van der Waals surface area contributed by atoms with E-state index in [2.05, 4.69) is 62.2 Å². The molecule has 0 saturated carbocycles. The molecule has 0 radical (unpaired) electrons. The Kier molecular flexibility index (Phi) is 8.07. The van der Waals surface area contributed by atoms with Crippen molar-refractivity contribution < 1.29 is 13.6 Å². The Morgan fingerprint density at radius 1 is 0.630 bits per heavy atom. The number of benzene rings is 4. The zero-order chi connectivity index (χ0) is 31.6. The molecule has 0 fully saturated rings. The van der Waals surface area contributed by atoms with Crippen LogP contribution in [-0.2, 0) is 11.9 Å². The molecule has 4 heterocycles. The number of furan rings is 2. The van der Waals surface area contributed by atoms with Crippen molar-refractivity contribution in [1.82, 2.24) is 19.9 Å². The maximum absolute atomic E-state index is 6.11. The zero-order valence-corrected chi connectivity index (χ0v) is 27.1. The lowest BCUT2D eigenvalue weighted by Crippen LogP contribution is -2.05. The first-order chi connectivity index (χ1) is 22.4. The average molecular weight is 673 g/mol. The summed E-state index contributed by atoms with van der Waals surface area (Å²) in [6.45, 7) is 6.40. The van der Waals surface area contributed by atoms with Gasteiger partial charge in [0.15, 0.2) is 0 Å². The van der Waals surface area contributed by atoms with Gasteiger partial charge in [-0.2, -0.15) is 4.98 Å². The normalized spacial score (nSPS) is 11.2. The number of anilines is 2. The number of alkyl halides is 1. The molecule has 8 rings (SSSR count). The standard InChI is InChI=1S/C28H23N5O2.C9H7BrO/c1-16-12-22-18(3)29-27(31-24(22)13-17(16)2)33-28-30-23-10-6-5-9-21(23)26(32-28)34-15-20-14-19-8-4-7-11-25(19)35-20;10-6-8-5-7-3-1-2-4-9(7)11-8/h4-14H,15H2,1-3H3,(H,29,30,31,32,33);1-5H,6H2. The smallest absolute Gasteiger partial charge is 0.233 e. The Balaban J connectivity index is 0.000000259. The van der Waals surface area contributed by atoms with Gasteiger partial charge in [0.1, 0.15) is 29.3 Å². The third-order valence-electron chi connectivity index (χ3n) is 7.73. The second kappa shape index (κ2) is 12.6. The number of halogens is 1. The summed E-state index contributed by atoms with van der Waals surface area (Å²) in [7, 11) is 0. The molecule has 0 amide bonds. The molecule has 4 aromatic heterocycles. The molecule has 4 aromatic carbocycles. The SMILES string of the molecule is BrCc1cc2ccccc2o1.Cc1cc2nc(Nc3nc(OCc4cc5ccccc5o4)c4ccccc4n3)nc(C)c2cc1C. The summed E-state index contributed by atoms with van der Waals surface area (Å²) in [5, 5.41) is 8.01. The number of aromatic nitrogens is 4. The average Bonchev–Trinajstić information content (AvgIpc) is 3.69. The minimum Gasteiger partial charge on any atom is -0.469 e. The highest BCUT2D eigenvalue weighted by Crippen LogP contribution is 2.28. The highest BCUT2D eigenvalue weighted by molar-refractivity contribution is 9.08. The maximum Gasteiger partial charge on any atom is 0.233 e. The zero-order valence-electron chi connectivity index (χ0n) is 25.5. The van der Waals surface area contributed by atoms with Crippen LogP contribution in [0, 0.1) is 20.8 Å². The van der Waals surface area contributed by atoms with Crippen molar-refractivity contribution in [2.24, 2.45) is 0 Å². The molecular formula is C37H30BrN5O3. The van der Waals surface area contributed by atoms with Crippen LogP contribution in [-0.4, -0.2) is 19.9 Å². The third kappa shape index (κ3) is 6.14. The molecule has 0 aliphatic rings. The summed E-state index contributed by atoms with van der Waals surface area (Å²) >= 11 is 3.34. The molecule has 0 bridgehead atoms. The molecule has 0 atom stereocenters. The van der Waals surface area contributed by atoms with E-state index in [0.717, 1.165) is 60.9 Å². The van der Waals surface area contributed by atoms with E-state index in [0.29, 0.717) is 17.8 Å². The van der Waals surface area contributed by atoms with Gasteiger partial charge in [-0.25, -0.2) is 15.0 Å². The lowest BCUT2D eigenvalue weighted by molar-refractivity contribution is 0.268. The van der Waals surface area contributed by atoms with Crippen molar-refractivity contribution in [1.29, 1.82) is 0 Å². The fraction of sp³-hybridized carbons (Fsp3) is 0.135. The van der Waals surface area contributed by atoms with E-state index in [1.165, 1.54) is 16.5 Å². The Labute approximate surface area is 273 Å². The van der Waals surface area contributed by atoms with E-state index in [-0.39, 0.29) is 6.61 Å². The summed E-state index contributed by atoms with van der Waals surface area (Å²) in [6.07, 6.45) is 0. The molecule has 0 spiro atoms. The number of hydrogen-bond donors (Lipinski definition) is 1. The molecule has 0 aliphatic carbocycles. The van der Waals surface area contributed by atoms with Crippen LogP contribution < -0.4 is 10.1 Å². The molecule has 0 saturated heterocycles. The number of nitrogens with one attached hydrogen (secondary N) is 1. The topological polar surface area (TPSA) is 99.1 Å². The van der Waals surface area contributed by atoms with Crippen molar-refractivity contribution >= 4 is 71.6 Å². The monoisotopic (exact) mass is 671 g/mol. The van der Waals surface area contributed by atoms with Crippen LogP contribution in [0.4, 0.5) is 11.9 Å². The van der Waals surface area contributed by atoms with Crippen molar-refractivity contribution in [2.45, 2.75) is 32.7 Å². The van der Waals surface area contributed by atoms with Gasteiger partial charge in [-0.1, -0.05) is 64.5 Å². The molecule has 9 heteroatoms. The summed E-state index contributed by atoms with van der Waals surface area (Å²) in [6, 6.07) is 31.9. The Hall–Kier alpha value is -5.28. The van der Waals surface area contributed by atoms with E-state index in [1.54, 1.807) is 0 Å². The lowest BCUT2D eigenvalue weighted by Gasteiger charge is -2.11. The molecular weight excluding hydrogens is 642 g/mol. The van der Waals surface area contributed by atoms with Crippen LogP contribution in [0.5, 0.6) is 5.88 Å². The predicted octanol–water partition coefficient (Wildman–Crippen LogP) is 9.89. The minimum atomic E-state index is 0.249. The van der Waals surface area contributed by atoms with E-state index in [1.807, 2.05) is 91.9 Å². The highest BCUT2D eigenvalue weighted by Gasteiger charge is 2.13. The van der Waals surface area contributed by atoms with Crippen molar-refractivity contribution in [3.8, 4) is 5.88 Å². The van der Waals surface area contributed by atoms with Gasteiger partial charge < -0.3 is 13.6 Å². The van der Waals surface area contributed by atoms with Crippen LogP contribution in [0.15, 0.2) is 106 Å². The predicted molar refractivity (Wildman–Crippen MR) is 186 cm³/mol. The van der Waals surface area contributed by atoms with Gasteiger partial charge in [0.05, 0.1) is 27.4 Å². The first-order valence-corrected chi connectivity index (χ1v) is 16.0. The van der Waals surface area contributed by atoms with Gasteiger partial charge in [0, 0.05) is 16.2 Å². The molecule has 1 N–H and O–H groups in total. The number of aryl methyl sites for hydroxylation is 3. The molecule has 0 unspecified atom stereocenters. The van der Waals surface area contributed by atoms with Gasteiger partial charge in [0.2, 0.25) is 17.8 Å². The second-order valence-corrected chi connectivity index (χ2v) is 11.6. The summed E-state index contributed by atoms with van der Waals surface area (Å²) in [4.78, 5) is 18.6. The van der Waals surface area contributed by atoms with Crippen LogP contribution in [0.1, 0.15) is 28.3 Å². The molecule has 228 valence electrons. The van der Waals surface area contributed by atoms with E-state index >= 15 is 0 Å². The van der Waals surface area contributed by atoms with Gasteiger partial charge in [-0.05, 0) is 80.4 Å². The van der Waals surface area contributed by atoms with Crippen molar-refractivity contribution in [3.63, 3.8) is 0 Å². The van der Waals surface area contributed by atoms with E-state index in [9.17, 15) is 0 Å². The van der Waals surface area contributed by atoms with E-state index < -0.39 is 0 Å². The largest absolute Gasteiger partial charge is 0.469 e. The Morgan fingerprint density at radius 3 is 1.98 bits per heavy atom. The first kappa shape index (κ1) is 29.4. The Morgan fingerprint density at radius 2 is 1.24 bits per heavy atom. The van der Waals surface area contributed by atoms with Crippen LogP contribution in [0.2, 0.25) is 0 Å². The van der Waals surface area contributed by atoms with Gasteiger partial charge in [-0.15, -0.1) is 0 Å². The summed E-state index contributed by atoms with van der Waals surface area (Å²) in [5.74, 6) is 2.97. The third-order valence-corrected chi connectivity index (χ3v) is 8.28. The van der Waals surface area contributed by atoms with Gasteiger partial charge >= 0.3 is 0 Å². The maximum atomic E-state index is 6.11. The number of para-hydroxylation sites is 3. The quantitative estimate of drug-likeness (QED) is 0.174. The summed E-state index contributed by atoms with van der Waals surface area (Å²) in [5.41, 5.74) is 6.72. The van der Waals surface area contributed by atoms with Crippen LogP contribution in [0.3, 0.4) is 0 Å². The second-order valence-electron chi connectivity index (χ2n) is 11.0. The number of rotatable bonds is 6. The van der Waals surface area contributed by atoms with Gasteiger partial charge in [0.25, 0.3) is 0 Å². The molecule has 46 heavy (non-hydrogen) atoms. The van der Waals surface area contributed by atoms with Crippen LogP contribution in [0.25, 0.3) is 43.7 Å². The van der Waals surface area contributed by atoms with Crippen molar-refractivity contribution in [3.05, 3.63) is 125 Å². The molecule has 8 aromatic rings. The number of nitrogens with zero attached hydrogens (tertiary/aromatic N) is 4. The molecule has 8 nitrogen and oxygen atoms in total. The van der Waals surface area contributed by atoms with Gasteiger partial charge in [-0.3, -0.25) is 5.32 Å². The number of fused-ring (bicyclic) bond motifs is 4. The number of ether oxygens (including phenoxy) is 1. The fourth-order valence-corrected chi connectivity index (χ4v) is 5.54. The van der Waals surface area contributed by atoms with Crippen molar-refractivity contribution in [2.75, 3.05) is 5.32 Å². The Bertz CT molecular complexity index is 2280. The fourth-order valence-electron chi connectivity index (χ4n) is 5.26. The minimum absolute atomic E-state index is 0.249. The number of hydrogen-bond acceptors (Lipinski definition) is 8.